The molecule has 2 N–H and O–H groups in total. The molecule has 0 saturated heterocycles. The number of carbonyl (C=O) groups excluding carboxylic acids is 1. The largest absolute Gasteiger partial charge is 0.317 e. The van der Waals surface area contributed by atoms with E-state index in [0.717, 1.165) is 44.9 Å². The van der Waals surface area contributed by atoms with Crippen molar-refractivity contribution in [3.05, 3.63) is 130 Å². The molecule has 0 radical (unpaired) electrons. The molecule has 1 aliphatic rings. The minimum atomic E-state index is -0.771. The summed E-state index contributed by atoms with van der Waals surface area (Å²) in [6.45, 7) is 0. The number of hydrogen-bond donors (Lipinski definition) is 2. The number of halogens is 1. The fraction of sp³-hybridized carbons (Fsp3) is 0.188. The summed E-state index contributed by atoms with van der Waals surface area (Å²) in [5, 5.41) is 12.5. The van der Waals surface area contributed by atoms with Gasteiger partial charge in [-0.3, -0.25) is 4.79 Å². The average Bonchev–Trinajstić information content (AvgIpc) is 3.27. The Morgan fingerprint density at radius 3 is 1.87 bits per heavy atom. The van der Waals surface area contributed by atoms with E-state index < -0.39 is 5.54 Å². The Balaban J connectivity index is 1.61. The third-order valence-corrected chi connectivity index (χ3v) is 8.19. The molecule has 38 heavy (non-hydrogen) atoms. The van der Waals surface area contributed by atoms with Gasteiger partial charge in [0, 0.05) is 21.8 Å². The SMILES string of the molecule is CNC1CC(C(=O)Nc2nn(C(c3ccccc3)(c3ccccc3)c3ccccc3)c3ccc(Br)cc23)C1. The first-order valence-corrected chi connectivity index (χ1v) is 13.7. The van der Waals surface area contributed by atoms with E-state index in [1.54, 1.807) is 0 Å². The molecule has 6 rings (SSSR count). The zero-order chi connectivity index (χ0) is 26.1. The number of nitrogens with zero attached hydrogens (tertiary/aromatic N) is 2. The highest BCUT2D eigenvalue weighted by atomic mass is 79.9. The lowest BCUT2D eigenvalue weighted by molar-refractivity contribution is -0.122. The van der Waals surface area contributed by atoms with E-state index >= 15 is 0 Å². The molecule has 0 spiro atoms. The van der Waals surface area contributed by atoms with E-state index in [4.69, 9.17) is 5.10 Å². The number of hydrogen-bond acceptors (Lipinski definition) is 3. The lowest BCUT2D eigenvalue weighted by Crippen LogP contribution is -2.44. The van der Waals surface area contributed by atoms with Crippen LogP contribution >= 0.6 is 15.9 Å². The zero-order valence-corrected chi connectivity index (χ0v) is 22.7. The van der Waals surface area contributed by atoms with Crippen LogP contribution < -0.4 is 10.6 Å². The third kappa shape index (κ3) is 4.14. The van der Waals surface area contributed by atoms with E-state index in [2.05, 4.69) is 110 Å². The topological polar surface area (TPSA) is 59.0 Å². The summed E-state index contributed by atoms with van der Waals surface area (Å²) in [4.78, 5) is 13.3. The van der Waals surface area contributed by atoms with Crippen LogP contribution in [0.25, 0.3) is 10.9 Å². The van der Waals surface area contributed by atoms with Crippen molar-refractivity contribution in [3.63, 3.8) is 0 Å². The summed E-state index contributed by atoms with van der Waals surface area (Å²) in [6, 6.07) is 37.9. The summed E-state index contributed by atoms with van der Waals surface area (Å²) < 4.78 is 3.02. The van der Waals surface area contributed by atoms with Crippen LogP contribution in [0.5, 0.6) is 0 Å². The molecule has 1 aliphatic carbocycles. The first kappa shape index (κ1) is 24.6. The fourth-order valence-electron chi connectivity index (χ4n) is 5.63. The Bertz CT molecular complexity index is 1460. The van der Waals surface area contributed by atoms with Gasteiger partial charge in [0.2, 0.25) is 5.91 Å². The molecule has 0 unspecified atom stereocenters. The quantitative estimate of drug-likeness (QED) is 0.220. The van der Waals surface area contributed by atoms with E-state index in [-0.39, 0.29) is 11.8 Å². The number of anilines is 1. The zero-order valence-electron chi connectivity index (χ0n) is 21.1. The maximum Gasteiger partial charge on any atom is 0.228 e. The molecular weight excluding hydrogens is 536 g/mol. The van der Waals surface area contributed by atoms with Gasteiger partial charge in [-0.1, -0.05) is 107 Å². The molecule has 5 nitrogen and oxygen atoms in total. The molecular formula is C32H29BrN4O. The van der Waals surface area contributed by atoms with Gasteiger partial charge in [-0.15, -0.1) is 0 Å². The van der Waals surface area contributed by atoms with Gasteiger partial charge in [0.05, 0.1) is 5.52 Å². The van der Waals surface area contributed by atoms with Crippen molar-refractivity contribution >= 4 is 38.6 Å². The molecule has 0 bridgehead atoms. The molecule has 5 aromatic rings. The molecule has 4 aromatic carbocycles. The molecule has 1 aromatic heterocycles. The van der Waals surface area contributed by atoms with Gasteiger partial charge < -0.3 is 10.6 Å². The van der Waals surface area contributed by atoms with Gasteiger partial charge in [0.25, 0.3) is 0 Å². The van der Waals surface area contributed by atoms with Crippen LogP contribution in [-0.2, 0) is 10.3 Å². The lowest BCUT2D eigenvalue weighted by atomic mass is 9.77. The van der Waals surface area contributed by atoms with Crippen LogP contribution in [0.1, 0.15) is 29.5 Å². The summed E-state index contributed by atoms with van der Waals surface area (Å²) in [5.41, 5.74) is 3.41. The third-order valence-electron chi connectivity index (χ3n) is 7.69. The Hall–Kier alpha value is -3.74. The molecule has 190 valence electrons. The number of rotatable bonds is 7. The van der Waals surface area contributed by atoms with Crippen molar-refractivity contribution < 1.29 is 4.79 Å². The molecule has 6 heteroatoms. The van der Waals surface area contributed by atoms with E-state index in [1.165, 1.54) is 0 Å². The predicted molar refractivity (Wildman–Crippen MR) is 156 cm³/mol. The Labute approximate surface area is 231 Å². The van der Waals surface area contributed by atoms with Crippen molar-refractivity contribution in [1.82, 2.24) is 15.1 Å². The second-order valence-corrected chi connectivity index (χ2v) is 10.8. The molecule has 1 saturated carbocycles. The molecule has 1 amide bonds. The number of nitrogens with one attached hydrogen (secondary N) is 2. The standard InChI is InChI=1S/C32H29BrN4O/c1-34-27-19-22(20-27)31(38)35-30-28-21-26(33)17-18-29(28)37(36-30)32(23-11-5-2-6-12-23,24-13-7-3-8-14-24)25-15-9-4-10-16-25/h2-18,21-22,27,34H,19-20H2,1H3,(H,35,36,38). The van der Waals surface area contributed by atoms with Gasteiger partial charge in [-0.2, -0.15) is 5.10 Å². The predicted octanol–water partition coefficient (Wildman–Crippen LogP) is 6.58. The molecule has 1 heterocycles. The number of carbonyl (C=O) groups is 1. The van der Waals surface area contributed by atoms with Gasteiger partial charge in [-0.05, 0) is 54.8 Å². The molecule has 0 aliphatic heterocycles. The highest BCUT2D eigenvalue weighted by Crippen LogP contribution is 2.44. The van der Waals surface area contributed by atoms with Crippen LogP contribution in [0.4, 0.5) is 5.82 Å². The minimum absolute atomic E-state index is 0.0121. The van der Waals surface area contributed by atoms with Crippen molar-refractivity contribution in [2.75, 3.05) is 12.4 Å². The fourth-order valence-corrected chi connectivity index (χ4v) is 5.99. The lowest BCUT2D eigenvalue weighted by Gasteiger charge is -2.37. The van der Waals surface area contributed by atoms with E-state index in [0.29, 0.717) is 11.9 Å². The maximum absolute atomic E-state index is 13.3. The summed E-state index contributed by atoms with van der Waals surface area (Å²) in [5.74, 6) is 0.584. The van der Waals surface area contributed by atoms with Crippen molar-refractivity contribution in [3.8, 4) is 0 Å². The summed E-state index contributed by atoms with van der Waals surface area (Å²) in [6.07, 6.45) is 1.68. The van der Waals surface area contributed by atoms with Gasteiger partial charge in [-0.25, -0.2) is 4.68 Å². The first-order valence-electron chi connectivity index (χ1n) is 12.9. The number of amides is 1. The number of fused-ring (bicyclic) bond motifs is 1. The van der Waals surface area contributed by atoms with Crippen molar-refractivity contribution in [2.24, 2.45) is 5.92 Å². The van der Waals surface area contributed by atoms with Crippen molar-refractivity contribution in [1.29, 1.82) is 0 Å². The monoisotopic (exact) mass is 564 g/mol. The van der Waals surface area contributed by atoms with Crippen LogP contribution in [-0.4, -0.2) is 28.8 Å². The average molecular weight is 566 g/mol. The second kappa shape index (κ2) is 10.2. The highest BCUT2D eigenvalue weighted by Gasteiger charge is 2.41. The van der Waals surface area contributed by atoms with Gasteiger partial charge in [0.1, 0.15) is 5.54 Å². The van der Waals surface area contributed by atoms with Gasteiger partial charge >= 0.3 is 0 Å². The van der Waals surface area contributed by atoms with Crippen LogP contribution in [0.2, 0.25) is 0 Å². The number of aromatic nitrogens is 2. The Morgan fingerprint density at radius 2 is 1.37 bits per heavy atom. The molecule has 0 atom stereocenters. The Morgan fingerprint density at radius 1 is 0.842 bits per heavy atom. The van der Waals surface area contributed by atoms with E-state index in [9.17, 15) is 4.79 Å². The Kier molecular flexibility index (Phi) is 6.60. The normalized spacial score (nSPS) is 17.2. The summed E-state index contributed by atoms with van der Waals surface area (Å²) in [7, 11) is 1.95. The van der Waals surface area contributed by atoms with Crippen LogP contribution in [0, 0.1) is 5.92 Å². The first-order chi connectivity index (χ1) is 18.6. The van der Waals surface area contributed by atoms with Crippen molar-refractivity contribution in [2.45, 2.75) is 24.4 Å². The van der Waals surface area contributed by atoms with Crippen LogP contribution in [0.3, 0.4) is 0 Å². The molecule has 1 fully saturated rings. The summed E-state index contributed by atoms with van der Waals surface area (Å²) >= 11 is 3.64. The number of benzene rings is 4. The second-order valence-electron chi connectivity index (χ2n) is 9.87. The van der Waals surface area contributed by atoms with Gasteiger partial charge in [0.15, 0.2) is 5.82 Å². The minimum Gasteiger partial charge on any atom is -0.317 e. The smallest absolute Gasteiger partial charge is 0.228 e. The van der Waals surface area contributed by atoms with E-state index in [1.807, 2.05) is 37.4 Å². The van der Waals surface area contributed by atoms with Crippen LogP contribution in [0.15, 0.2) is 114 Å². The highest BCUT2D eigenvalue weighted by molar-refractivity contribution is 9.10. The maximum atomic E-state index is 13.3.